The summed E-state index contributed by atoms with van der Waals surface area (Å²) in [6.45, 7) is 1.54. The summed E-state index contributed by atoms with van der Waals surface area (Å²) >= 11 is 0. The Hall–Kier alpha value is -2.68. The van der Waals surface area contributed by atoms with E-state index in [9.17, 15) is 12.8 Å². The Bertz CT molecular complexity index is 1120. The molecule has 2 heterocycles. The largest absolute Gasteiger partial charge is 0.495 e. The summed E-state index contributed by atoms with van der Waals surface area (Å²) in [6, 6.07) is 15.0. The molecule has 0 amide bonds. The van der Waals surface area contributed by atoms with E-state index in [0.29, 0.717) is 12.3 Å². The summed E-state index contributed by atoms with van der Waals surface area (Å²) in [5.41, 5.74) is 2.52. The van der Waals surface area contributed by atoms with Crippen molar-refractivity contribution < 1.29 is 22.0 Å². The van der Waals surface area contributed by atoms with Crippen LogP contribution in [0.3, 0.4) is 0 Å². The number of benzene rings is 2. The second-order valence-corrected chi connectivity index (χ2v) is 8.90. The zero-order valence-corrected chi connectivity index (χ0v) is 17.4. The van der Waals surface area contributed by atoms with Crippen molar-refractivity contribution in [2.24, 2.45) is 0 Å². The molecule has 0 fully saturated rings. The van der Waals surface area contributed by atoms with E-state index in [1.54, 1.807) is 12.3 Å². The first-order chi connectivity index (χ1) is 14.5. The van der Waals surface area contributed by atoms with Crippen molar-refractivity contribution in [2.75, 3.05) is 20.2 Å². The van der Waals surface area contributed by atoms with Gasteiger partial charge in [-0.1, -0.05) is 24.3 Å². The highest BCUT2D eigenvalue weighted by Gasteiger charge is 2.29. The van der Waals surface area contributed by atoms with Crippen molar-refractivity contribution in [3.05, 3.63) is 83.6 Å². The summed E-state index contributed by atoms with van der Waals surface area (Å²) in [5.74, 6) is 0.111. The van der Waals surface area contributed by atoms with Crippen molar-refractivity contribution in [2.45, 2.75) is 23.9 Å². The number of fused-ring (bicyclic) bond motifs is 1. The molecule has 3 aromatic rings. The topological polar surface area (TPSA) is 71.8 Å². The first-order valence-electron chi connectivity index (χ1n) is 9.65. The van der Waals surface area contributed by atoms with Gasteiger partial charge in [0.05, 0.1) is 19.4 Å². The number of methoxy groups -OCH3 is 1. The van der Waals surface area contributed by atoms with Gasteiger partial charge in [-0.3, -0.25) is 4.90 Å². The number of sulfonamides is 1. The average Bonchev–Trinajstić information content (AvgIpc) is 3.28. The van der Waals surface area contributed by atoms with Crippen LogP contribution < -0.4 is 9.46 Å². The molecular weight excluding hydrogens is 407 g/mol. The van der Waals surface area contributed by atoms with E-state index in [2.05, 4.69) is 21.8 Å². The predicted molar refractivity (Wildman–Crippen MR) is 110 cm³/mol. The lowest BCUT2D eigenvalue weighted by Gasteiger charge is -2.34. The van der Waals surface area contributed by atoms with E-state index in [-0.39, 0.29) is 23.2 Å². The van der Waals surface area contributed by atoms with Crippen molar-refractivity contribution in [3.8, 4) is 5.75 Å². The number of hydrogen-bond donors (Lipinski definition) is 1. The minimum absolute atomic E-state index is 0.0810. The third-order valence-corrected chi connectivity index (χ3v) is 6.80. The molecule has 0 radical (unpaired) electrons. The molecule has 30 heavy (non-hydrogen) atoms. The van der Waals surface area contributed by atoms with E-state index >= 15 is 0 Å². The molecule has 1 aromatic heterocycles. The highest BCUT2D eigenvalue weighted by atomic mass is 32.2. The number of furan rings is 1. The minimum Gasteiger partial charge on any atom is -0.495 e. The number of halogens is 1. The van der Waals surface area contributed by atoms with E-state index in [0.717, 1.165) is 25.1 Å². The van der Waals surface area contributed by atoms with Crippen LogP contribution in [0, 0.1) is 5.82 Å². The van der Waals surface area contributed by atoms with Gasteiger partial charge < -0.3 is 9.15 Å². The zero-order chi connectivity index (χ0) is 21.1. The summed E-state index contributed by atoms with van der Waals surface area (Å²) < 4.78 is 52.8. The zero-order valence-electron chi connectivity index (χ0n) is 16.5. The van der Waals surface area contributed by atoms with E-state index in [4.69, 9.17) is 9.15 Å². The molecule has 0 aliphatic carbocycles. The molecule has 1 aliphatic heterocycles. The number of ether oxygens (including phenoxy) is 1. The van der Waals surface area contributed by atoms with Crippen LogP contribution in [0.2, 0.25) is 0 Å². The predicted octanol–water partition coefficient (Wildman–Crippen LogP) is 3.51. The fourth-order valence-electron chi connectivity index (χ4n) is 3.80. The molecule has 0 unspecified atom stereocenters. The lowest BCUT2D eigenvalue weighted by molar-refractivity contribution is 0.160. The lowest BCUT2D eigenvalue weighted by Crippen LogP contribution is -2.40. The molecule has 8 heteroatoms. The molecular formula is C22H23FN2O4S. The highest BCUT2D eigenvalue weighted by molar-refractivity contribution is 7.89. The molecule has 0 bridgehead atoms. The molecule has 0 saturated heterocycles. The van der Waals surface area contributed by atoms with E-state index in [1.807, 2.05) is 18.2 Å². The van der Waals surface area contributed by atoms with E-state index in [1.165, 1.54) is 24.3 Å². The third-order valence-electron chi connectivity index (χ3n) is 5.35. The van der Waals surface area contributed by atoms with Crippen LogP contribution in [0.5, 0.6) is 5.75 Å². The first kappa shape index (κ1) is 20.6. The maximum Gasteiger partial charge on any atom is 0.244 e. The lowest BCUT2D eigenvalue weighted by atomic mass is 9.98. The number of rotatable bonds is 7. The Morgan fingerprint density at radius 1 is 1.17 bits per heavy atom. The summed E-state index contributed by atoms with van der Waals surface area (Å²) in [6.07, 6.45) is 2.45. The monoisotopic (exact) mass is 430 g/mol. The standard InChI is InChI=1S/C22H23FN2O4S/c1-28-21-9-8-18(23)13-22(21)30(26,27)24-14-19(20-7-4-12-29-20)25-11-10-16-5-2-3-6-17(16)15-25/h2-9,12-13,19,24H,10-11,14-15H2,1H3/t19-/m1/s1. The quantitative estimate of drug-likeness (QED) is 0.621. The SMILES string of the molecule is COc1ccc(F)cc1S(=O)(=O)NC[C@H](c1ccco1)N1CCc2ccccc2C1. The van der Waals surface area contributed by atoms with Crippen LogP contribution in [0.4, 0.5) is 4.39 Å². The Morgan fingerprint density at radius 3 is 2.70 bits per heavy atom. The van der Waals surface area contributed by atoms with Gasteiger partial charge in [-0.2, -0.15) is 0 Å². The Kier molecular flexibility index (Phi) is 5.90. The Balaban J connectivity index is 1.58. The fraction of sp³-hybridized carbons (Fsp3) is 0.273. The van der Waals surface area contributed by atoms with Gasteiger partial charge in [0.2, 0.25) is 10.0 Å². The van der Waals surface area contributed by atoms with Gasteiger partial charge in [0.15, 0.2) is 0 Å². The van der Waals surface area contributed by atoms with Crippen LogP contribution in [-0.4, -0.2) is 33.5 Å². The minimum atomic E-state index is -3.99. The second kappa shape index (κ2) is 8.59. The normalized spacial score (nSPS) is 15.5. The Labute approximate surface area is 175 Å². The molecule has 0 spiro atoms. The molecule has 158 valence electrons. The van der Waals surface area contributed by atoms with Gasteiger partial charge in [0, 0.05) is 19.6 Å². The van der Waals surface area contributed by atoms with E-state index < -0.39 is 15.8 Å². The van der Waals surface area contributed by atoms with Crippen LogP contribution in [0.1, 0.15) is 22.9 Å². The molecule has 4 rings (SSSR count). The van der Waals surface area contributed by atoms with Crippen LogP contribution >= 0.6 is 0 Å². The van der Waals surface area contributed by atoms with Gasteiger partial charge in [-0.05, 0) is 47.9 Å². The smallest absolute Gasteiger partial charge is 0.244 e. The maximum atomic E-state index is 13.7. The van der Waals surface area contributed by atoms with Crippen LogP contribution in [-0.2, 0) is 23.0 Å². The van der Waals surface area contributed by atoms with Gasteiger partial charge in [0.25, 0.3) is 0 Å². The van der Waals surface area contributed by atoms with Crippen LogP contribution in [0.25, 0.3) is 0 Å². The number of hydrogen-bond acceptors (Lipinski definition) is 5. The second-order valence-electron chi connectivity index (χ2n) is 7.17. The van der Waals surface area contributed by atoms with Gasteiger partial charge in [0.1, 0.15) is 22.2 Å². The number of nitrogens with zero attached hydrogens (tertiary/aromatic N) is 1. The summed E-state index contributed by atoms with van der Waals surface area (Å²) in [4.78, 5) is 1.96. The van der Waals surface area contributed by atoms with Crippen molar-refractivity contribution >= 4 is 10.0 Å². The van der Waals surface area contributed by atoms with Gasteiger partial charge >= 0.3 is 0 Å². The summed E-state index contributed by atoms with van der Waals surface area (Å²) in [7, 11) is -2.64. The van der Waals surface area contributed by atoms with Crippen molar-refractivity contribution in [3.63, 3.8) is 0 Å². The van der Waals surface area contributed by atoms with Gasteiger partial charge in [-0.15, -0.1) is 0 Å². The summed E-state index contributed by atoms with van der Waals surface area (Å²) in [5, 5.41) is 0. The van der Waals surface area contributed by atoms with Gasteiger partial charge in [-0.25, -0.2) is 17.5 Å². The third kappa shape index (κ3) is 4.26. The Morgan fingerprint density at radius 2 is 1.97 bits per heavy atom. The molecule has 0 saturated carbocycles. The first-order valence-corrected chi connectivity index (χ1v) is 11.1. The number of nitrogens with one attached hydrogen (secondary N) is 1. The average molecular weight is 431 g/mol. The molecule has 1 atom stereocenters. The molecule has 2 aromatic carbocycles. The van der Waals surface area contributed by atoms with Crippen molar-refractivity contribution in [1.82, 2.24) is 9.62 Å². The highest BCUT2D eigenvalue weighted by Crippen LogP contribution is 2.29. The van der Waals surface area contributed by atoms with Crippen molar-refractivity contribution in [1.29, 1.82) is 0 Å². The molecule has 1 N–H and O–H groups in total. The maximum absolute atomic E-state index is 13.7. The van der Waals surface area contributed by atoms with Crippen LogP contribution in [0.15, 0.2) is 70.2 Å². The molecule has 6 nitrogen and oxygen atoms in total. The fourth-order valence-corrected chi connectivity index (χ4v) is 5.02. The molecule has 1 aliphatic rings.